The molecule has 0 saturated heterocycles. The summed E-state index contributed by atoms with van der Waals surface area (Å²) in [5.41, 5.74) is 8.25. The zero-order valence-electron chi connectivity index (χ0n) is 21.9. The van der Waals surface area contributed by atoms with E-state index in [1.54, 1.807) is 0 Å². The number of hydrogen-bond donors (Lipinski definition) is 1. The number of nitrogens with zero attached hydrogens (tertiary/aromatic N) is 2. The SMILES string of the molecule is C1=CC2=C(CC1)NC(c1ccc(-c3cc4ccccc4c(-c4ccc(-c5nc6c(o5)CCC=C6)cc4)n3)cc1)O2. The first-order valence-corrected chi connectivity index (χ1v) is 13.9. The summed E-state index contributed by atoms with van der Waals surface area (Å²) in [4.78, 5) is 9.87. The van der Waals surface area contributed by atoms with Crippen LogP contribution in [0.1, 0.15) is 42.5 Å². The zero-order chi connectivity index (χ0) is 26.5. The molecule has 5 heteroatoms. The van der Waals surface area contributed by atoms with Gasteiger partial charge in [0.1, 0.15) is 17.2 Å². The molecule has 5 aromatic rings. The summed E-state index contributed by atoms with van der Waals surface area (Å²) in [6, 6.07) is 27.5. The Morgan fingerprint density at radius 3 is 2.38 bits per heavy atom. The molecule has 8 rings (SSSR count). The molecular weight excluding hydrogens is 494 g/mol. The number of fused-ring (bicyclic) bond motifs is 2. The number of oxazole rings is 1. The minimum absolute atomic E-state index is 0.148. The van der Waals surface area contributed by atoms with Crippen LogP contribution in [-0.2, 0) is 11.2 Å². The number of pyridine rings is 1. The van der Waals surface area contributed by atoms with E-state index in [9.17, 15) is 0 Å². The van der Waals surface area contributed by atoms with Crippen molar-refractivity contribution in [2.75, 3.05) is 0 Å². The Kier molecular flexibility index (Phi) is 5.40. The number of aromatic nitrogens is 2. The van der Waals surface area contributed by atoms with E-state index in [2.05, 4.69) is 102 Å². The second kappa shape index (κ2) is 9.38. The van der Waals surface area contributed by atoms with Gasteiger partial charge in [-0.25, -0.2) is 9.97 Å². The van der Waals surface area contributed by atoms with Crippen molar-refractivity contribution < 1.29 is 9.15 Å². The second-order valence-electron chi connectivity index (χ2n) is 10.5. The number of allylic oxidation sites excluding steroid dienone is 4. The lowest BCUT2D eigenvalue weighted by molar-refractivity contribution is 0.137. The lowest BCUT2D eigenvalue weighted by Gasteiger charge is -2.14. The summed E-state index contributed by atoms with van der Waals surface area (Å²) in [7, 11) is 0. The van der Waals surface area contributed by atoms with Crippen molar-refractivity contribution in [1.82, 2.24) is 15.3 Å². The second-order valence-corrected chi connectivity index (χ2v) is 10.5. The molecule has 2 aromatic heterocycles. The summed E-state index contributed by atoms with van der Waals surface area (Å²) >= 11 is 0. The lowest BCUT2D eigenvalue weighted by atomic mass is 9.99. The van der Waals surface area contributed by atoms with E-state index >= 15 is 0 Å². The van der Waals surface area contributed by atoms with Gasteiger partial charge in [0.25, 0.3) is 0 Å². The molecule has 0 saturated carbocycles. The fraction of sp³-hybridized carbons (Fsp3) is 0.143. The Morgan fingerprint density at radius 1 is 0.750 bits per heavy atom. The van der Waals surface area contributed by atoms with Gasteiger partial charge < -0.3 is 14.5 Å². The molecule has 2 aliphatic carbocycles. The fourth-order valence-electron chi connectivity index (χ4n) is 5.73. The van der Waals surface area contributed by atoms with E-state index in [1.807, 2.05) is 6.08 Å². The first kappa shape index (κ1) is 23.0. The van der Waals surface area contributed by atoms with Gasteiger partial charge in [-0.3, -0.25) is 0 Å². The van der Waals surface area contributed by atoms with Gasteiger partial charge in [-0.1, -0.05) is 72.8 Å². The van der Waals surface area contributed by atoms with Crippen molar-refractivity contribution >= 4 is 16.8 Å². The third-order valence-corrected chi connectivity index (χ3v) is 7.87. The Morgan fingerprint density at radius 2 is 1.52 bits per heavy atom. The average Bonchev–Trinajstić information content (AvgIpc) is 3.66. The topological polar surface area (TPSA) is 60.2 Å². The van der Waals surface area contributed by atoms with Gasteiger partial charge in [-0.15, -0.1) is 0 Å². The highest BCUT2D eigenvalue weighted by Crippen LogP contribution is 2.35. The third-order valence-electron chi connectivity index (χ3n) is 7.87. The minimum Gasteiger partial charge on any atom is -0.465 e. The van der Waals surface area contributed by atoms with Crippen molar-refractivity contribution in [2.24, 2.45) is 0 Å². The van der Waals surface area contributed by atoms with Crippen LogP contribution >= 0.6 is 0 Å². The summed E-state index contributed by atoms with van der Waals surface area (Å²) in [6.07, 6.45) is 12.3. The maximum absolute atomic E-state index is 6.15. The molecule has 0 bridgehead atoms. The van der Waals surface area contributed by atoms with Gasteiger partial charge >= 0.3 is 0 Å². The lowest BCUT2D eigenvalue weighted by Crippen LogP contribution is -2.15. The first-order chi connectivity index (χ1) is 19.8. The average molecular weight is 522 g/mol. The van der Waals surface area contributed by atoms with E-state index in [0.29, 0.717) is 5.89 Å². The van der Waals surface area contributed by atoms with Gasteiger partial charge in [0.15, 0.2) is 6.23 Å². The summed E-state index contributed by atoms with van der Waals surface area (Å²) < 4.78 is 12.2. The quantitative estimate of drug-likeness (QED) is 0.257. The third kappa shape index (κ3) is 4.02. The van der Waals surface area contributed by atoms with Crippen LogP contribution in [0.25, 0.3) is 50.8 Å². The summed E-state index contributed by atoms with van der Waals surface area (Å²) in [5.74, 6) is 2.60. The Hall–Kier alpha value is -4.90. The van der Waals surface area contributed by atoms with Gasteiger partial charge in [0.05, 0.1) is 17.1 Å². The predicted molar refractivity (Wildman–Crippen MR) is 158 cm³/mol. The van der Waals surface area contributed by atoms with Crippen LogP contribution in [0.15, 0.2) is 113 Å². The van der Waals surface area contributed by atoms with Crippen LogP contribution in [-0.4, -0.2) is 9.97 Å². The molecule has 1 aliphatic heterocycles. The molecule has 0 fully saturated rings. The number of aryl methyl sites for hydroxylation is 1. The van der Waals surface area contributed by atoms with E-state index in [0.717, 1.165) is 87.3 Å². The van der Waals surface area contributed by atoms with Crippen LogP contribution in [0.2, 0.25) is 0 Å². The van der Waals surface area contributed by atoms with Crippen LogP contribution in [0.3, 0.4) is 0 Å². The van der Waals surface area contributed by atoms with Gasteiger partial charge in [-0.05, 0) is 55.0 Å². The molecule has 1 atom stereocenters. The van der Waals surface area contributed by atoms with Gasteiger partial charge in [-0.2, -0.15) is 0 Å². The summed E-state index contributed by atoms with van der Waals surface area (Å²) in [5, 5.41) is 5.81. The molecule has 40 heavy (non-hydrogen) atoms. The number of hydrogen-bond acceptors (Lipinski definition) is 5. The number of nitrogens with one attached hydrogen (secondary N) is 1. The van der Waals surface area contributed by atoms with Crippen LogP contribution < -0.4 is 5.32 Å². The molecule has 194 valence electrons. The van der Waals surface area contributed by atoms with Crippen LogP contribution in [0.5, 0.6) is 0 Å². The van der Waals surface area contributed by atoms with Crippen molar-refractivity contribution in [1.29, 1.82) is 0 Å². The van der Waals surface area contributed by atoms with E-state index in [1.165, 1.54) is 5.70 Å². The Bertz CT molecular complexity index is 1840. The largest absolute Gasteiger partial charge is 0.465 e. The van der Waals surface area contributed by atoms with Crippen LogP contribution in [0.4, 0.5) is 0 Å². The molecule has 0 amide bonds. The highest BCUT2D eigenvalue weighted by molar-refractivity contribution is 5.97. The number of rotatable bonds is 4. The predicted octanol–water partition coefficient (Wildman–Crippen LogP) is 8.36. The molecule has 3 aliphatic rings. The van der Waals surface area contributed by atoms with Gasteiger partial charge in [0.2, 0.25) is 5.89 Å². The monoisotopic (exact) mass is 521 g/mol. The number of ether oxygens (including phenoxy) is 1. The molecule has 1 N–H and O–H groups in total. The first-order valence-electron chi connectivity index (χ1n) is 13.9. The van der Waals surface area contributed by atoms with E-state index in [-0.39, 0.29) is 6.23 Å². The molecule has 3 aromatic carbocycles. The van der Waals surface area contributed by atoms with E-state index in [4.69, 9.17) is 19.1 Å². The zero-order valence-corrected chi connectivity index (χ0v) is 21.9. The number of benzene rings is 3. The fourth-order valence-corrected chi connectivity index (χ4v) is 5.73. The molecule has 0 radical (unpaired) electrons. The molecule has 3 heterocycles. The van der Waals surface area contributed by atoms with Crippen molar-refractivity contribution in [2.45, 2.75) is 31.9 Å². The smallest absolute Gasteiger partial charge is 0.226 e. The Balaban J connectivity index is 1.11. The molecule has 5 nitrogen and oxygen atoms in total. The van der Waals surface area contributed by atoms with E-state index < -0.39 is 0 Å². The molecular formula is C35H27N3O2. The Labute approximate surface area is 232 Å². The van der Waals surface area contributed by atoms with Crippen molar-refractivity contribution in [3.8, 4) is 34.0 Å². The highest BCUT2D eigenvalue weighted by atomic mass is 16.5. The molecule has 0 spiro atoms. The van der Waals surface area contributed by atoms with Crippen LogP contribution in [0, 0.1) is 0 Å². The maximum Gasteiger partial charge on any atom is 0.226 e. The van der Waals surface area contributed by atoms with Crippen molar-refractivity contribution in [3.05, 3.63) is 126 Å². The highest BCUT2D eigenvalue weighted by Gasteiger charge is 2.25. The van der Waals surface area contributed by atoms with Crippen molar-refractivity contribution in [3.63, 3.8) is 0 Å². The maximum atomic E-state index is 6.15. The van der Waals surface area contributed by atoms with Gasteiger partial charge in [0, 0.05) is 34.1 Å². The standard InChI is InChI=1S/C35H27N3O2/c1-2-8-27-26(7-1)21-30(22-13-17-24(18-14-22)34-37-28-9-3-5-11-31(28)39-34)36-33(27)23-15-19-25(20-16-23)35-38-29-10-4-6-12-32(29)40-35/h1-2,4-5,7-8,10-11,13-21,34,37H,3,6,9,12H2. The minimum atomic E-state index is -0.148. The molecule has 1 unspecified atom stereocenters. The summed E-state index contributed by atoms with van der Waals surface area (Å²) in [6.45, 7) is 0. The normalized spacial score (nSPS) is 17.4.